The molecule has 0 spiro atoms. The highest BCUT2D eigenvalue weighted by atomic mass is 31.2. The Labute approximate surface area is 459 Å². The number of quaternary nitrogens is 1. The monoisotopic (exact) mass is 1060 g/mol. The zero-order valence-electron chi connectivity index (χ0n) is 49.9. The van der Waals surface area contributed by atoms with E-state index in [1.807, 2.05) is 33.3 Å². The lowest BCUT2D eigenvalue weighted by molar-refractivity contribution is -0.870. The molecular formula is C64H124N2O7P+. The van der Waals surface area contributed by atoms with Crippen LogP contribution >= 0.6 is 7.82 Å². The number of unbranched alkanes of at least 4 members (excludes halogenated alkanes) is 39. The topological polar surface area (TPSA) is 111 Å². The fourth-order valence-corrected chi connectivity index (χ4v) is 10.1. The maximum Gasteiger partial charge on any atom is 0.472 e. The molecule has 10 heteroatoms. The van der Waals surface area contributed by atoms with Crippen molar-refractivity contribution in [3.05, 3.63) is 36.5 Å². The molecule has 0 aromatic heterocycles. The number of nitrogens with zero attached hydrogens (tertiary/aromatic N) is 1. The fraction of sp³-hybridized carbons (Fsp3) is 0.875. The first-order chi connectivity index (χ1) is 35.9. The number of amides is 1. The van der Waals surface area contributed by atoms with E-state index < -0.39 is 20.0 Å². The average molecular weight is 1060 g/mol. The van der Waals surface area contributed by atoms with Crippen LogP contribution in [0, 0.1) is 0 Å². The molecule has 3 atom stereocenters. The molecule has 9 nitrogen and oxygen atoms in total. The van der Waals surface area contributed by atoms with Crippen LogP contribution in [0.15, 0.2) is 36.5 Å². The van der Waals surface area contributed by atoms with Gasteiger partial charge in [0.25, 0.3) is 0 Å². The number of ether oxygens (including phenoxy) is 1. The van der Waals surface area contributed by atoms with Gasteiger partial charge < -0.3 is 19.4 Å². The Hall–Kier alpha value is -1.77. The summed E-state index contributed by atoms with van der Waals surface area (Å²) in [6.07, 6.45) is 65.7. The predicted molar refractivity (Wildman–Crippen MR) is 319 cm³/mol. The standard InChI is InChI=1S/C64H123N2O7P/c1-7-10-13-16-19-22-25-28-30-32-33-34-36-39-42-45-48-51-54-57-64(68)73-62(55-52-49-46-43-40-37-27-24-21-18-15-12-9-3)61(60-72-74(69,70)71-59-58-66(4,5)6)65-63(67)56-53-50-47-44-41-38-35-31-29-26-23-20-17-14-11-8-2/h31,35,38,41,52,55,61-62H,7-30,32-34,36-37,39-40,42-51,53-54,56-60H2,1-6H3,(H-,65,67,69,70)/p+1/b35-31+,41-38+,55-52+. The van der Waals surface area contributed by atoms with Crippen molar-refractivity contribution >= 4 is 19.7 Å². The van der Waals surface area contributed by atoms with Crippen molar-refractivity contribution in [2.45, 2.75) is 322 Å². The van der Waals surface area contributed by atoms with Crippen molar-refractivity contribution in [1.29, 1.82) is 0 Å². The number of esters is 1. The van der Waals surface area contributed by atoms with Crippen molar-refractivity contribution in [3.63, 3.8) is 0 Å². The molecule has 1 amide bonds. The van der Waals surface area contributed by atoms with E-state index in [2.05, 4.69) is 50.4 Å². The minimum atomic E-state index is -4.45. The first-order valence-corrected chi connectivity index (χ1v) is 33.3. The van der Waals surface area contributed by atoms with Crippen molar-refractivity contribution in [2.75, 3.05) is 40.9 Å². The predicted octanol–water partition coefficient (Wildman–Crippen LogP) is 19.5. The fourth-order valence-electron chi connectivity index (χ4n) is 9.40. The minimum Gasteiger partial charge on any atom is -0.456 e. The lowest BCUT2D eigenvalue weighted by atomic mass is 10.0. The molecule has 0 bridgehead atoms. The number of allylic oxidation sites excluding steroid dienone is 5. The highest BCUT2D eigenvalue weighted by Crippen LogP contribution is 2.43. The molecule has 0 aliphatic heterocycles. The number of rotatable bonds is 58. The number of nitrogens with one attached hydrogen (secondary N) is 1. The van der Waals surface area contributed by atoms with E-state index in [0.29, 0.717) is 30.3 Å². The maximum atomic E-state index is 13.5. The second kappa shape index (κ2) is 54.6. The van der Waals surface area contributed by atoms with Crippen molar-refractivity contribution in [1.82, 2.24) is 5.32 Å². The summed E-state index contributed by atoms with van der Waals surface area (Å²) in [7, 11) is 1.49. The van der Waals surface area contributed by atoms with Crippen LogP contribution in [0.1, 0.15) is 310 Å². The normalized spacial score (nSPS) is 13.9. The molecule has 436 valence electrons. The molecule has 0 heterocycles. The summed E-state index contributed by atoms with van der Waals surface area (Å²) in [4.78, 5) is 37.7. The Balaban J connectivity index is 5.28. The molecule has 2 N–H and O–H groups in total. The number of hydrogen-bond acceptors (Lipinski definition) is 6. The van der Waals surface area contributed by atoms with E-state index in [4.69, 9.17) is 13.8 Å². The summed E-state index contributed by atoms with van der Waals surface area (Å²) in [5, 5.41) is 3.05. The average Bonchev–Trinajstić information content (AvgIpc) is 3.36. The molecule has 0 saturated carbocycles. The molecule has 0 fully saturated rings. The lowest BCUT2D eigenvalue weighted by Crippen LogP contribution is -2.47. The lowest BCUT2D eigenvalue weighted by Gasteiger charge is -2.27. The SMILES string of the molecule is CCCCCCCCC/C=C/C=C/CCCCCC(=O)NC(COP(=O)(O)OCC[N+](C)(C)C)C(/C=C/CCCCCCCCCCCCC)OC(=O)CCCCCCCCCCCCCCCCCCCCC. The number of phosphoric ester groups is 1. The summed E-state index contributed by atoms with van der Waals surface area (Å²) < 4.78 is 30.7. The van der Waals surface area contributed by atoms with E-state index in [1.54, 1.807) is 0 Å². The number of phosphoric acid groups is 1. The van der Waals surface area contributed by atoms with Gasteiger partial charge in [0.15, 0.2) is 0 Å². The number of carbonyl (C=O) groups is 2. The van der Waals surface area contributed by atoms with Gasteiger partial charge in [-0.2, -0.15) is 0 Å². The van der Waals surface area contributed by atoms with Crippen LogP contribution in [-0.4, -0.2) is 74.3 Å². The van der Waals surface area contributed by atoms with Crippen LogP contribution in [0.25, 0.3) is 0 Å². The van der Waals surface area contributed by atoms with Crippen LogP contribution in [0.5, 0.6) is 0 Å². The van der Waals surface area contributed by atoms with Crippen LogP contribution < -0.4 is 5.32 Å². The number of carbonyl (C=O) groups excluding carboxylic acids is 2. The second-order valence-electron chi connectivity index (χ2n) is 23.0. The van der Waals surface area contributed by atoms with Crippen molar-refractivity contribution < 1.29 is 37.3 Å². The van der Waals surface area contributed by atoms with Gasteiger partial charge in [-0.1, -0.05) is 276 Å². The Kier molecular flexibility index (Phi) is 53.3. The van der Waals surface area contributed by atoms with Gasteiger partial charge in [-0.05, 0) is 57.4 Å². The Morgan fingerprint density at radius 3 is 1.20 bits per heavy atom. The largest absolute Gasteiger partial charge is 0.472 e. The van der Waals surface area contributed by atoms with Gasteiger partial charge in [-0.25, -0.2) is 4.57 Å². The summed E-state index contributed by atoms with van der Waals surface area (Å²) in [6.45, 7) is 7.03. The highest BCUT2D eigenvalue weighted by Gasteiger charge is 2.30. The molecule has 0 aromatic rings. The van der Waals surface area contributed by atoms with Gasteiger partial charge in [0.2, 0.25) is 5.91 Å². The molecule has 0 saturated heterocycles. The second-order valence-corrected chi connectivity index (χ2v) is 24.4. The van der Waals surface area contributed by atoms with E-state index in [-0.39, 0.29) is 25.1 Å². The molecule has 0 aliphatic carbocycles. The zero-order valence-corrected chi connectivity index (χ0v) is 50.7. The van der Waals surface area contributed by atoms with Gasteiger partial charge >= 0.3 is 13.8 Å². The third kappa shape index (κ3) is 55.0. The number of hydrogen-bond donors (Lipinski definition) is 2. The molecule has 0 aromatic carbocycles. The Bertz CT molecular complexity index is 1360. The first kappa shape index (κ1) is 72.2. The van der Waals surface area contributed by atoms with Crippen LogP contribution in [-0.2, 0) is 27.9 Å². The van der Waals surface area contributed by atoms with E-state index in [1.165, 1.54) is 205 Å². The quantitative estimate of drug-likeness (QED) is 0.0156. The minimum absolute atomic E-state index is 0.0375. The highest BCUT2D eigenvalue weighted by molar-refractivity contribution is 7.47. The Morgan fingerprint density at radius 1 is 0.473 bits per heavy atom. The van der Waals surface area contributed by atoms with Gasteiger partial charge in [-0.15, -0.1) is 0 Å². The molecule has 0 radical (unpaired) electrons. The third-order valence-electron chi connectivity index (χ3n) is 14.4. The summed E-state index contributed by atoms with van der Waals surface area (Å²) in [6, 6.07) is -0.858. The van der Waals surface area contributed by atoms with Crippen molar-refractivity contribution in [3.8, 4) is 0 Å². The van der Waals surface area contributed by atoms with Gasteiger partial charge in [0.05, 0.1) is 33.8 Å². The number of likely N-dealkylation sites (N-methyl/N-ethyl adjacent to an activating group) is 1. The van der Waals surface area contributed by atoms with Crippen LogP contribution in [0.2, 0.25) is 0 Å². The zero-order chi connectivity index (χ0) is 54.3. The first-order valence-electron chi connectivity index (χ1n) is 31.8. The van der Waals surface area contributed by atoms with E-state index >= 15 is 0 Å². The maximum absolute atomic E-state index is 13.5. The van der Waals surface area contributed by atoms with Crippen LogP contribution in [0.3, 0.4) is 0 Å². The summed E-state index contributed by atoms with van der Waals surface area (Å²) in [5.41, 5.74) is 0. The van der Waals surface area contributed by atoms with Gasteiger partial charge in [0, 0.05) is 12.8 Å². The Morgan fingerprint density at radius 2 is 0.811 bits per heavy atom. The van der Waals surface area contributed by atoms with Crippen LogP contribution in [0.4, 0.5) is 0 Å². The molecule has 0 rings (SSSR count). The molecular weight excluding hydrogens is 940 g/mol. The smallest absolute Gasteiger partial charge is 0.456 e. The third-order valence-corrected chi connectivity index (χ3v) is 15.3. The van der Waals surface area contributed by atoms with E-state index in [0.717, 1.165) is 64.2 Å². The van der Waals surface area contributed by atoms with Gasteiger partial charge in [0.1, 0.15) is 19.3 Å². The van der Waals surface area contributed by atoms with Gasteiger partial charge in [-0.3, -0.25) is 18.6 Å². The van der Waals surface area contributed by atoms with E-state index in [9.17, 15) is 19.0 Å². The molecule has 3 unspecified atom stereocenters. The van der Waals surface area contributed by atoms with Crippen molar-refractivity contribution in [2.24, 2.45) is 0 Å². The summed E-state index contributed by atoms with van der Waals surface area (Å²) >= 11 is 0. The summed E-state index contributed by atoms with van der Waals surface area (Å²) in [5.74, 6) is -0.521. The molecule has 0 aliphatic rings. The molecule has 74 heavy (non-hydrogen) atoms.